The normalized spacial score (nSPS) is 11.2. The molecule has 0 heterocycles. The molecule has 0 saturated carbocycles. The molecule has 0 aliphatic carbocycles. The highest BCUT2D eigenvalue weighted by Crippen LogP contribution is 2.09. The van der Waals surface area contributed by atoms with Crippen molar-refractivity contribution >= 4 is 18.4 Å². The Hall–Kier alpha value is -0.290. The van der Waals surface area contributed by atoms with Crippen LogP contribution in [0.1, 0.15) is 26.7 Å². The van der Waals surface area contributed by atoms with Crippen molar-refractivity contribution in [2.24, 2.45) is 0 Å². The highest BCUT2D eigenvalue weighted by atomic mass is 35.5. The predicted molar refractivity (Wildman–Crippen MR) is 74.8 cm³/mol. The molecule has 0 rings (SSSR count). The Labute approximate surface area is 124 Å². The molecule has 4 nitrogen and oxygen atoms in total. The first-order chi connectivity index (χ1) is 6.75. The Balaban J connectivity index is -0.000000327. The van der Waals surface area contributed by atoms with Gasteiger partial charge < -0.3 is 27.8 Å². The number of quaternary nitrogens is 1. The van der Waals surface area contributed by atoms with Crippen LogP contribution in [-0.4, -0.2) is 44.2 Å². The van der Waals surface area contributed by atoms with E-state index in [1.807, 2.05) is 0 Å². The van der Waals surface area contributed by atoms with Gasteiger partial charge in [-0.05, 0) is 20.3 Å². The summed E-state index contributed by atoms with van der Waals surface area (Å²) in [5.41, 5.74) is 0.467. The standard InChI is InChI=1S/C12H24NO2.2ClH.H3N/c1-10(2)12(14)15-9-7-8-11(3)13(4,5)6;;;/h11H,1,7-9H2,2-6H3;2*1H;1H3/q+1;;;/p-1. The highest BCUT2D eigenvalue weighted by Gasteiger charge is 2.17. The summed E-state index contributed by atoms with van der Waals surface area (Å²) in [7, 11) is 6.51. The quantitative estimate of drug-likeness (QED) is 0.313. The molecule has 0 aliphatic heterocycles. The summed E-state index contributed by atoms with van der Waals surface area (Å²) in [6, 6.07) is 0.577. The van der Waals surface area contributed by atoms with Crippen molar-refractivity contribution in [2.45, 2.75) is 32.7 Å². The fourth-order valence-electron chi connectivity index (χ4n) is 1.05. The number of nitrogens with zero attached hydrogens (tertiary/aromatic N) is 1. The minimum absolute atomic E-state index is 0. The molecule has 0 spiro atoms. The molecular formula is C12H28Cl2N2O2. The zero-order valence-corrected chi connectivity index (χ0v) is 13.7. The Kier molecular flexibility index (Phi) is 17.2. The fourth-order valence-corrected chi connectivity index (χ4v) is 1.05. The molecule has 0 radical (unpaired) electrons. The largest absolute Gasteiger partial charge is 1.00 e. The first-order valence-corrected chi connectivity index (χ1v) is 5.39. The minimum atomic E-state index is -0.284. The van der Waals surface area contributed by atoms with Gasteiger partial charge in [0.1, 0.15) is 0 Å². The molecule has 0 fully saturated rings. The van der Waals surface area contributed by atoms with E-state index in [9.17, 15) is 4.79 Å². The summed E-state index contributed by atoms with van der Waals surface area (Å²) in [6.45, 7) is 7.90. The lowest BCUT2D eigenvalue weighted by molar-refractivity contribution is -0.894. The van der Waals surface area contributed by atoms with Gasteiger partial charge in [-0.25, -0.2) is 4.79 Å². The van der Waals surface area contributed by atoms with Crippen molar-refractivity contribution in [3.63, 3.8) is 0 Å². The molecule has 0 aromatic carbocycles. The maximum absolute atomic E-state index is 11.1. The second kappa shape index (κ2) is 11.8. The van der Waals surface area contributed by atoms with E-state index in [0.29, 0.717) is 18.2 Å². The average molecular weight is 303 g/mol. The van der Waals surface area contributed by atoms with Gasteiger partial charge >= 0.3 is 5.97 Å². The van der Waals surface area contributed by atoms with Crippen LogP contribution in [0.5, 0.6) is 0 Å². The minimum Gasteiger partial charge on any atom is -1.00 e. The van der Waals surface area contributed by atoms with Crippen molar-refractivity contribution in [1.29, 1.82) is 0 Å². The molecule has 1 unspecified atom stereocenters. The van der Waals surface area contributed by atoms with Crippen LogP contribution in [0.4, 0.5) is 0 Å². The highest BCUT2D eigenvalue weighted by molar-refractivity contribution is 5.86. The number of halogens is 2. The maximum Gasteiger partial charge on any atom is 0.333 e. The van der Waals surface area contributed by atoms with E-state index in [-0.39, 0.29) is 36.9 Å². The Morgan fingerprint density at radius 3 is 2.11 bits per heavy atom. The second-order valence-corrected chi connectivity index (χ2v) is 5.02. The summed E-state index contributed by atoms with van der Waals surface area (Å²) in [5.74, 6) is -0.284. The first kappa shape index (κ1) is 26.3. The van der Waals surface area contributed by atoms with E-state index in [1.54, 1.807) is 6.92 Å². The van der Waals surface area contributed by atoms with E-state index < -0.39 is 0 Å². The zero-order chi connectivity index (χ0) is 12.1. The van der Waals surface area contributed by atoms with Gasteiger partial charge in [0.15, 0.2) is 0 Å². The van der Waals surface area contributed by atoms with Gasteiger partial charge in [0, 0.05) is 12.0 Å². The Morgan fingerprint density at radius 2 is 1.78 bits per heavy atom. The van der Waals surface area contributed by atoms with Gasteiger partial charge in [-0.1, -0.05) is 6.58 Å². The van der Waals surface area contributed by atoms with E-state index in [4.69, 9.17) is 4.74 Å². The van der Waals surface area contributed by atoms with Crippen molar-refractivity contribution in [3.8, 4) is 0 Å². The van der Waals surface area contributed by atoms with Crippen molar-refractivity contribution in [3.05, 3.63) is 12.2 Å². The fraction of sp³-hybridized carbons (Fsp3) is 0.750. The number of hydrogen-bond donors (Lipinski definition) is 1. The molecule has 0 aliphatic rings. The van der Waals surface area contributed by atoms with Gasteiger partial charge in [0.25, 0.3) is 0 Å². The van der Waals surface area contributed by atoms with E-state index >= 15 is 0 Å². The van der Waals surface area contributed by atoms with Crippen LogP contribution in [0.25, 0.3) is 0 Å². The molecule has 112 valence electrons. The monoisotopic (exact) mass is 302 g/mol. The molecule has 6 heteroatoms. The number of hydrogen-bond acceptors (Lipinski definition) is 3. The lowest BCUT2D eigenvalue weighted by Gasteiger charge is -2.31. The average Bonchev–Trinajstić information content (AvgIpc) is 2.09. The number of esters is 1. The second-order valence-electron chi connectivity index (χ2n) is 5.02. The maximum atomic E-state index is 11.1. The topological polar surface area (TPSA) is 61.3 Å². The van der Waals surface area contributed by atoms with Gasteiger partial charge in [0.05, 0.1) is 33.8 Å². The van der Waals surface area contributed by atoms with Crippen LogP contribution < -0.4 is 18.6 Å². The van der Waals surface area contributed by atoms with Crippen LogP contribution >= 0.6 is 12.4 Å². The summed E-state index contributed by atoms with van der Waals surface area (Å²) in [6.07, 6.45) is 1.97. The van der Waals surface area contributed by atoms with Gasteiger partial charge in [-0.3, -0.25) is 0 Å². The van der Waals surface area contributed by atoms with E-state index in [0.717, 1.165) is 17.3 Å². The third kappa shape index (κ3) is 12.2. The number of rotatable bonds is 6. The number of ether oxygens (including phenoxy) is 1. The molecule has 0 bridgehead atoms. The molecule has 0 aromatic rings. The van der Waals surface area contributed by atoms with Gasteiger partial charge in [0.2, 0.25) is 0 Å². The Morgan fingerprint density at radius 1 is 1.33 bits per heavy atom. The molecule has 3 N–H and O–H groups in total. The van der Waals surface area contributed by atoms with Crippen LogP contribution in [0.15, 0.2) is 12.2 Å². The van der Waals surface area contributed by atoms with Gasteiger partial charge in [-0.2, -0.15) is 0 Å². The van der Waals surface area contributed by atoms with Crippen LogP contribution in [0, 0.1) is 0 Å². The van der Waals surface area contributed by atoms with Crippen LogP contribution in [0.2, 0.25) is 0 Å². The SMILES string of the molecule is C=C(C)C(=O)OCCCC(C)[N+](C)(C)C.Cl.N.[Cl-]. The van der Waals surface area contributed by atoms with Crippen LogP contribution in [-0.2, 0) is 9.53 Å². The van der Waals surface area contributed by atoms with Gasteiger partial charge in [-0.15, -0.1) is 12.4 Å². The third-order valence-corrected chi connectivity index (χ3v) is 2.67. The molecule has 0 aromatic heterocycles. The first-order valence-electron chi connectivity index (χ1n) is 5.39. The van der Waals surface area contributed by atoms with Crippen LogP contribution in [0.3, 0.4) is 0 Å². The summed E-state index contributed by atoms with van der Waals surface area (Å²) in [5, 5.41) is 0. The molecule has 0 amide bonds. The van der Waals surface area contributed by atoms with E-state index in [2.05, 4.69) is 34.6 Å². The summed E-state index contributed by atoms with van der Waals surface area (Å²) >= 11 is 0. The van der Waals surface area contributed by atoms with Crippen molar-refractivity contribution in [1.82, 2.24) is 6.15 Å². The molecular weight excluding hydrogens is 275 g/mol. The number of carbonyl (C=O) groups is 1. The summed E-state index contributed by atoms with van der Waals surface area (Å²) < 4.78 is 5.96. The third-order valence-electron chi connectivity index (χ3n) is 2.67. The smallest absolute Gasteiger partial charge is 0.333 e. The molecule has 18 heavy (non-hydrogen) atoms. The zero-order valence-electron chi connectivity index (χ0n) is 12.2. The summed E-state index contributed by atoms with van der Waals surface area (Å²) in [4.78, 5) is 11.1. The van der Waals surface area contributed by atoms with E-state index in [1.165, 1.54) is 0 Å². The van der Waals surface area contributed by atoms with Crippen molar-refractivity contribution < 1.29 is 26.4 Å². The number of carbonyl (C=O) groups excluding carboxylic acids is 1. The van der Waals surface area contributed by atoms with Crippen molar-refractivity contribution in [2.75, 3.05) is 27.7 Å². The lowest BCUT2D eigenvalue weighted by Crippen LogP contribution is -3.00. The Bertz CT molecular complexity index is 241. The lowest BCUT2D eigenvalue weighted by atomic mass is 10.1. The molecule has 0 saturated heterocycles. The molecule has 1 atom stereocenters. The predicted octanol–water partition coefficient (Wildman–Crippen LogP) is -0.432.